The Kier molecular flexibility index (Phi) is 3.61. The summed E-state index contributed by atoms with van der Waals surface area (Å²) in [6, 6.07) is 0. The van der Waals surface area contributed by atoms with Crippen molar-refractivity contribution < 1.29 is 0 Å². The fourth-order valence-corrected chi connectivity index (χ4v) is 7.40. The van der Waals surface area contributed by atoms with Gasteiger partial charge >= 0.3 is 0 Å². The van der Waals surface area contributed by atoms with Crippen LogP contribution in [-0.4, -0.2) is 6.54 Å². The molecule has 0 radical (unpaired) electrons. The summed E-state index contributed by atoms with van der Waals surface area (Å²) in [6.45, 7) is 0.933. The highest BCUT2D eigenvalue weighted by Crippen LogP contribution is 2.63. The van der Waals surface area contributed by atoms with Gasteiger partial charge in [-0.3, -0.25) is 0 Å². The second-order valence-electron chi connectivity index (χ2n) is 8.77. The fourth-order valence-electron chi connectivity index (χ4n) is 7.40. The van der Waals surface area contributed by atoms with E-state index in [0.29, 0.717) is 5.41 Å². The number of rotatable bonds is 3. The van der Waals surface area contributed by atoms with Gasteiger partial charge in [0.1, 0.15) is 0 Å². The van der Waals surface area contributed by atoms with Gasteiger partial charge in [0.05, 0.1) is 0 Å². The Morgan fingerprint density at radius 1 is 0.750 bits per heavy atom. The smallest absolute Gasteiger partial charge is 0.00719 e. The number of hydrogen-bond acceptors (Lipinski definition) is 1. The highest BCUT2D eigenvalue weighted by Gasteiger charge is 2.54. The van der Waals surface area contributed by atoms with E-state index in [2.05, 4.69) is 0 Å². The molecule has 5 aliphatic carbocycles. The molecule has 1 heteroatoms. The zero-order valence-electron chi connectivity index (χ0n) is 13.2. The lowest BCUT2D eigenvalue weighted by atomic mass is 9.45. The Bertz CT molecular complexity index is 312. The van der Waals surface area contributed by atoms with Crippen molar-refractivity contribution in [2.75, 3.05) is 6.54 Å². The normalized spacial score (nSPS) is 46.4. The summed E-state index contributed by atoms with van der Waals surface area (Å²) in [5, 5.41) is 0. The maximum absolute atomic E-state index is 6.09. The third-order valence-corrected chi connectivity index (χ3v) is 7.68. The summed E-state index contributed by atoms with van der Waals surface area (Å²) >= 11 is 0. The van der Waals surface area contributed by atoms with Crippen LogP contribution in [0.5, 0.6) is 0 Å². The maximum atomic E-state index is 6.09. The minimum absolute atomic E-state index is 0.661. The van der Waals surface area contributed by atoms with Crippen molar-refractivity contribution in [3.05, 3.63) is 0 Å². The van der Waals surface area contributed by atoms with Gasteiger partial charge in [-0.1, -0.05) is 25.7 Å². The van der Waals surface area contributed by atoms with Gasteiger partial charge in [0, 0.05) is 0 Å². The molecule has 5 fully saturated rings. The average molecular weight is 275 g/mol. The monoisotopic (exact) mass is 275 g/mol. The Labute approximate surface area is 125 Å². The van der Waals surface area contributed by atoms with Crippen molar-refractivity contribution in [1.29, 1.82) is 0 Å². The first-order chi connectivity index (χ1) is 9.81. The molecule has 5 aliphatic rings. The lowest BCUT2D eigenvalue weighted by molar-refractivity contribution is -0.105. The van der Waals surface area contributed by atoms with E-state index < -0.39 is 0 Å². The molecule has 0 heterocycles. The molecule has 5 saturated carbocycles. The molecule has 114 valence electrons. The Balaban J connectivity index is 1.62. The van der Waals surface area contributed by atoms with Crippen LogP contribution in [0.1, 0.15) is 77.0 Å². The Morgan fingerprint density at radius 3 is 1.80 bits per heavy atom. The van der Waals surface area contributed by atoms with Crippen LogP contribution < -0.4 is 5.73 Å². The van der Waals surface area contributed by atoms with Gasteiger partial charge in [0.15, 0.2) is 0 Å². The van der Waals surface area contributed by atoms with Crippen molar-refractivity contribution in [3.63, 3.8) is 0 Å². The lowest BCUT2D eigenvalue weighted by Crippen LogP contribution is -2.52. The topological polar surface area (TPSA) is 26.0 Å². The molecular formula is C19H33N. The maximum Gasteiger partial charge on any atom is -0.00719 e. The molecule has 0 saturated heterocycles. The van der Waals surface area contributed by atoms with Crippen molar-refractivity contribution in [2.45, 2.75) is 77.0 Å². The summed E-state index contributed by atoms with van der Waals surface area (Å²) in [7, 11) is 0. The van der Waals surface area contributed by atoms with Crippen LogP contribution in [0.3, 0.4) is 0 Å². The first-order valence-corrected chi connectivity index (χ1v) is 9.51. The fraction of sp³-hybridized carbons (Fsp3) is 1.00. The first-order valence-electron chi connectivity index (χ1n) is 9.51. The van der Waals surface area contributed by atoms with Crippen molar-refractivity contribution in [2.24, 2.45) is 40.7 Å². The van der Waals surface area contributed by atoms with Gasteiger partial charge in [-0.2, -0.15) is 0 Å². The third kappa shape index (κ3) is 2.16. The highest BCUT2D eigenvalue weighted by molar-refractivity contribution is 5.04. The minimum atomic E-state index is 0.661. The van der Waals surface area contributed by atoms with Gasteiger partial charge in [0.25, 0.3) is 0 Å². The van der Waals surface area contributed by atoms with Crippen LogP contribution in [0, 0.1) is 35.0 Å². The molecule has 0 amide bonds. The molecule has 0 aromatic heterocycles. The lowest BCUT2D eigenvalue weighted by Gasteiger charge is -2.60. The van der Waals surface area contributed by atoms with Gasteiger partial charge < -0.3 is 5.73 Å². The van der Waals surface area contributed by atoms with E-state index in [1.165, 1.54) is 44.9 Å². The number of nitrogens with two attached hydrogens (primary N) is 1. The van der Waals surface area contributed by atoms with Crippen molar-refractivity contribution >= 4 is 0 Å². The summed E-state index contributed by atoms with van der Waals surface area (Å²) in [6.07, 6.45) is 18.2. The van der Waals surface area contributed by atoms with E-state index in [1.54, 1.807) is 32.1 Å². The highest BCUT2D eigenvalue weighted by atomic mass is 14.6. The molecular weight excluding hydrogens is 242 g/mol. The summed E-state index contributed by atoms with van der Waals surface area (Å²) in [4.78, 5) is 0. The largest absolute Gasteiger partial charge is 0.330 e. The van der Waals surface area contributed by atoms with E-state index in [-0.39, 0.29) is 0 Å². The van der Waals surface area contributed by atoms with E-state index in [0.717, 1.165) is 36.1 Å². The molecule has 0 atom stereocenters. The van der Waals surface area contributed by atoms with Crippen LogP contribution in [0.2, 0.25) is 0 Å². The van der Waals surface area contributed by atoms with Crippen LogP contribution in [0.15, 0.2) is 0 Å². The van der Waals surface area contributed by atoms with E-state index in [4.69, 9.17) is 5.73 Å². The van der Waals surface area contributed by atoms with E-state index in [9.17, 15) is 0 Å². The standard InChI is InChI=1S/C19H33N/c20-8-7-19(5-3-1-2-4-6-19)18-16-10-14-9-15(12-16)13-17(18)11-14/h14-18H,1-13,20H2. The summed E-state index contributed by atoms with van der Waals surface area (Å²) in [5.74, 6) is 5.49. The van der Waals surface area contributed by atoms with Crippen molar-refractivity contribution in [3.8, 4) is 0 Å². The molecule has 20 heavy (non-hydrogen) atoms. The van der Waals surface area contributed by atoms with Gasteiger partial charge in [-0.25, -0.2) is 0 Å². The molecule has 2 N–H and O–H groups in total. The SMILES string of the molecule is NCCC1(C2C3CC4CC(C3)CC2C4)CCCCCC1. The van der Waals surface area contributed by atoms with E-state index >= 15 is 0 Å². The van der Waals surface area contributed by atoms with Gasteiger partial charge in [-0.05, 0) is 92.9 Å². The zero-order chi connectivity index (χ0) is 13.6. The van der Waals surface area contributed by atoms with E-state index in [1.807, 2.05) is 0 Å². The molecule has 0 unspecified atom stereocenters. The molecule has 5 rings (SSSR count). The van der Waals surface area contributed by atoms with Crippen LogP contribution in [-0.2, 0) is 0 Å². The zero-order valence-corrected chi connectivity index (χ0v) is 13.2. The predicted octanol–water partition coefficient (Wildman–Crippen LogP) is 4.75. The van der Waals surface area contributed by atoms with Crippen LogP contribution >= 0.6 is 0 Å². The average Bonchev–Trinajstić information content (AvgIpc) is 2.64. The molecule has 1 nitrogen and oxygen atoms in total. The Hall–Kier alpha value is -0.0400. The molecule has 0 spiro atoms. The van der Waals surface area contributed by atoms with Gasteiger partial charge in [-0.15, -0.1) is 0 Å². The second kappa shape index (κ2) is 5.30. The quantitative estimate of drug-likeness (QED) is 0.739. The van der Waals surface area contributed by atoms with Crippen molar-refractivity contribution in [1.82, 2.24) is 0 Å². The third-order valence-electron chi connectivity index (χ3n) is 7.68. The molecule has 0 aromatic carbocycles. The number of hydrogen-bond donors (Lipinski definition) is 1. The molecule has 0 aromatic rings. The van der Waals surface area contributed by atoms with Gasteiger partial charge in [0.2, 0.25) is 0 Å². The second-order valence-corrected chi connectivity index (χ2v) is 8.77. The van der Waals surface area contributed by atoms with Crippen LogP contribution in [0.4, 0.5) is 0 Å². The predicted molar refractivity (Wildman–Crippen MR) is 84.3 cm³/mol. The summed E-state index contributed by atoms with van der Waals surface area (Å²) < 4.78 is 0. The summed E-state index contributed by atoms with van der Waals surface area (Å²) in [5.41, 5.74) is 6.75. The first kappa shape index (κ1) is 13.6. The Morgan fingerprint density at radius 2 is 1.30 bits per heavy atom. The van der Waals surface area contributed by atoms with Crippen LogP contribution in [0.25, 0.3) is 0 Å². The minimum Gasteiger partial charge on any atom is -0.330 e. The molecule has 0 aliphatic heterocycles. The molecule has 4 bridgehead atoms.